The molecule has 0 aliphatic carbocycles. The minimum absolute atomic E-state index is 0.133. The van der Waals surface area contributed by atoms with Crippen molar-refractivity contribution in [3.63, 3.8) is 0 Å². The van der Waals surface area contributed by atoms with Crippen molar-refractivity contribution in [2.75, 3.05) is 32.8 Å². The van der Waals surface area contributed by atoms with E-state index in [2.05, 4.69) is 9.97 Å². The number of amides is 2. The summed E-state index contributed by atoms with van der Waals surface area (Å²) in [6, 6.07) is 0. The van der Waals surface area contributed by atoms with Crippen molar-refractivity contribution in [2.45, 2.75) is 32.1 Å². The Bertz CT molecular complexity index is 550. The molecule has 7 heteroatoms. The molecule has 0 aromatic carbocycles. The number of piperidine rings is 2. The second-order valence-electron chi connectivity index (χ2n) is 6.68. The van der Waals surface area contributed by atoms with Crippen LogP contribution < -0.4 is 0 Å². The third-order valence-corrected chi connectivity index (χ3v) is 5.27. The van der Waals surface area contributed by atoms with Crippen LogP contribution >= 0.6 is 0 Å². The molecule has 1 aromatic heterocycles. The summed E-state index contributed by atoms with van der Waals surface area (Å²) >= 11 is 0. The van der Waals surface area contributed by atoms with Crippen molar-refractivity contribution in [1.29, 1.82) is 0 Å². The Labute approximate surface area is 135 Å². The average molecular weight is 320 g/mol. The second-order valence-corrected chi connectivity index (χ2v) is 6.68. The van der Waals surface area contributed by atoms with Gasteiger partial charge >= 0.3 is 0 Å². The first-order valence-electron chi connectivity index (χ1n) is 8.26. The number of carbonyl (C=O) groups excluding carboxylic acids is 2. The number of likely N-dealkylation sites (tertiary alicyclic amines) is 2. The summed E-state index contributed by atoms with van der Waals surface area (Å²) in [5.41, 5.74) is 1.18. The van der Waals surface area contributed by atoms with Crippen molar-refractivity contribution in [3.05, 3.63) is 18.2 Å². The highest BCUT2D eigenvalue weighted by Gasteiger charge is 2.41. The molecule has 1 spiro atoms. The molecule has 126 valence electrons. The summed E-state index contributed by atoms with van der Waals surface area (Å²) in [6.45, 7) is 2.44. The summed E-state index contributed by atoms with van der Waals surface area (Å²) in [7, 11) is 0. The van der Waals surface area contributed by atoms with Crippen LogP contribution in [0.2, 0.25) is 0 Å². The smallest absolute Gasteiger partial charge is 0.248 e. The van der Waals surface area contributed by atoms with Gasteiger partial charge < -0.3 is 19.9 Å². The Morgan fingerprint density at radius 3 is 2.78 bits per heavy atom. The number of nitrogens with one attached hydrogen (secondary N) is 1. The maximum atomic E-state index is 12.2. The van der Waals surface area contributed by atoms with E-state index in [0.29, 0.717) is 26.1 Å². The van der Waals surface area contributed by atoms with Crippen molar-refractivity contribution >= 4 is 11.8 Å². The number of aliphatic hydroxyl groups excluding tert-OH is 1. The lowest BCUT2D eigenvalue weighted by Crippen LogP contribution is -2.53. The van der Waals surface area contributed by atoms with Crippen LogP contribution in [0.4, 0.5) is 0 Å². The molecule has 0 atom stereocenters. The zero-order chi connectivity index (χ0) is 16.3. The van der Waals surface area contributed by atoms with Gasteiger partial charge in [0.2, 0.25) is 11.8 Å². The molecule has 3 rings (SSSR count). The van der Waals surface area contributed by atoms with Gasteiger partial charge in [0.15, 0.2) is 0 Å². The number of aromatic amines is 1. The van der Waals surface area contributed by atoms with E-state index >= 15 is 0 Å². The fourth-order valence-corrected chi connectivity index (χ4v) is 3.72. The second kappa shape index (κ2) is 6.70. The van der Waals surface area contributed by atoms with E-state index in [1.807, 2.05) is 4.90 Å². The number of rotatable bonds is 4. The number of imidazole rings is 1. The number of carbonyl (C=O) groups is 2. The predicted molar refractivity (Wildman–Crippen MR) is 83.4 cm³/mol. The van der Waals surface area contributed by atoms with Gasteiger partial charge in [0.05, 0.1) is 6.33 Å². The maximum absolute atomic E-state index is 12.2. The van der Waals surface area contributed by atoms with E-state index in [1.54, 1.807) is 17.4 Å². The van der Waals surface area contributed by atoms with Crippen molar-refractivity contribution in [1.82, 2.24) is 19.8 Å². The molecule has 3 heterocycles. The largest absolute Gasteiger partial charge is 0.387 e. The molecule has 2 aliphatic rings. The molecule has 7 nitrogen and oxygen atoms in total. The highest BCUT2D eigenvalue weighted by Crippen LogP contribution is 2.40. The van der Waals surface area contributed by atoms with Crippen LogP contribution in [0.3, 0.4) is 0 Å². The van der Waals surface area contributed by atoms with Crippen LogP contribution in [0.5, 0.6) is 0 Å². The van der Waals surface area contributed by atoms with Crippen LogP contribution in [0.1, 0.15) is 31.4 Å². The number of nitrogens with zero attached hydrogens (tertiary/aromatic N) is 3. The van der Waals surface area contributed by atoms with Gasteiger partial charge in [-0.25, -0.2) is 4.98 Å². The highest BCUT2D eigenvalue weighted by atomic mass is 16.3. The van der Waals surface area contributed by atoms with Crippen LogP contribution in [0.25, 0.3) is 0 Å². The first-order chi connectivity index (χ1) is 11.1. The van der Waals surface area contributed by atoms with Crippen molar-refractivity contribution < 1.29 is 14.7 Å². The third-order valence-electron chi connectivity index (χ3n) is 5.27. The van der Waals surface area contributed by atoms with E-state index in [4.69, 9.17) is 5.11 Å². The normalized spacial score (nSPS) is 21.0. The molecule has 1 aromatic rings. The minimum atomic E-state index is -0.415. The van der Waals surface area contributed by atoms with E-state index in [-0.39, 0.29) is 17.2 Å². The van der Waals surface area contributed by atoms with Gasteiger partial charge in [-0.15, -0.1) is 0 Å². The zero-order valence-electron chi connectivity index (χ0n) is 13.3. The predicted octanol–water partition coefficient (Wildman–Crippen LogP) is 0.176. The quantitative estimate of drug-likeness (QED) is 0.828. The SMILES string of the molecule is O=C(CO)N1CCC2(CCC(=O)N(CCc3cnc[nH]3)C2)CC1. The Hall–Kier alpha value is -1.89. The molecule has 2 aliphatic heterocycles. The monoisotopic (exact) mass is 320 g/mol. The molecular formula is C16H24N4O3. The van der Waals surface area contributed by atoms with Crippen LogP contribution in [-0.2, 0) is 16.0 Å². The lowest BCUT2D eigenvalue weighted by Gasteiger charge is -2.47. The molecule has 23 heavy (non-hydrogen) atoms. The average Bonchev–Trinajstić information content (AvgIpc) is 3.09. The van der Waals surface area contributed by atoms with E-state index in [1.165, 1.54) is 0 Å². The molecular weight excluding hydrogens is 296 g/mol. The summed E-state index contributed by atoms with van der Waals surface area (Å²) in [5.74, 6) is 0.0341. The fourth-order valence-electron chi connectivity index (χ4n) is 3.72. The number of H-pyrrole nitrogens is 1. The summed E-state index contributed by atoms with van der Waals surface area (Å²) in [5, 5.41) is 8.97. The van der Waals surface area contributed by atoms with Crippen molar-refractivity contribution in [2.24, 2.45) is 5.41 Å². The maximum Gasteiger partial charge on any atom is 0.248 e. The van der Waals surface area contributed by atoms with E-state index < -0.39 is 6.61 Å². The number of hydrogen-bond donors (Lipinski definition) is 2. The number of hydrogen-bond acceptors (Lipinski definition) is 4. The first kappa shape index (κ1) is 16.0. The Balaban J connectivity index is 1.57. The standard InChI is InChI=1S/C16H24N4O3/c21-10-15(23)19-7-4-16(5-8-19)3-1-14(22)20(11-16)6-2-13-9-17-12-18-13/h9,12,21H,1-8,10-11H2,(H,17,18). The molecule has 2 N–H and O–H groups in total. The third kappa shape index (κ3) is 3.55. The van der Waals surface area contributed by atoms with E-state index in [9.17, 15) is 9.59 Å². The van der Waals surface area contributed by atoms with Gasteiger partial charge in [0.25, 0.3) is 0 Å². The van der Waals surface area contributed by atoms with Gasteiger partial charge in [-0.05, 0) is 24.7 Å². The Kier molecular flexibility index (Phi) is 4.66. The topological polar surface area (TPSA) is 89.5 Å². The summed E-state index contributed by atoms with van der Waals surface area (Å²) in [4.78, 5) is 34.6. The number of aromatic nitrogens is 2. The molecule has 2 fully saturated rings. The molecule has 0 saturated carbocycles. The summed E-state index contributed by atoms with van der Waals surface area (Å²) in [6.07, 6.45) is 7.56. The minimum Gasteiger partial charge on any atom is -0.387 e. The van der Waals surface area contributed by atoms with Gasteiger partial charge in [0, 0.05) is 50.9 Å². The highest BCUT2D eigenvalue weighted by molar-refractivity contribution is 5.78. The van der Waals surface area contributed by atoms with Gasteiger partial charge in [-0.2, -0.15) is 0 Å². The Morgan fingerprint density at radius 2 is 2.13 bits per heavy atom. The Morgan fingerprint density at radius 1 is 1.35 bits per heavy atom. The van der Waals surface area contributed by atoms with E-state index in [0.717, 1.165) is 37.9 Å². The van der Waals surface area contributed by atoms with Gasteiger partial charge in [0.1, 0.15) is 6.61 Å². The van der Waals surface area contributed by atoms with Crippen molar-refractivity contribution in [3.8, 4) is 0 Å². The van der Waals surface area contributed by atoms with Gasteiger partial charge in [-0.1, -0.05) is 0 Å². The molecule has 0 bridgehead atoms. The lowest BCUT2D eigenvalue weighted by atomic mass is 9.72. The molecule has 0 unspecified atom stereocenters. The zero-order valence-corrected chi connectivity index (χ0v) is 13.3. The van der Waals surface area contributed by atoms with Crippen LogP contribution in [-0.4, -0.2) is 69.5 Å². The fraction of sp³-hybridized carbons (Fsp3) is 0.688. The van der Waals surface area contributed by atoms with Crippen LogP contribution in [0.15, 0.2) is 12.5 Å². The van der Waals surface area contributed by atoms with Crippen LogP contribution in [0, 0.1) is 5.41 Å². The molecule has 2 amide bonds. The molecule has 0 radical (unpaired) electrons. The summed E-state index contributed by atoms with van der Waals surface area (Å²) < 4.78 is 0. The number of aliphatic hydroxyl groups is 1. The molecule has 2 saturated heterocycles. The first-order valence-corrected chi connectivity index (χ1v) is 8.26. The van der Waals surface area contributed by atoms with Gasteiger partial charge in [-0.3, -0.25) is 9.59 Å². The lowest BCUT2D eigenvalue weighted by molar-refractivity contribution is -0.143.